The number of hydrogen-bond donors (Lipinski definition) is 0. The highest BCUT2D eigenvalue weighted by Crippen LogP contribution is 2.61. The van der Waals surface area contributed by atoms with Crippen LogP contribution in [0.25, 0.3) is 0 Å². The zero-order valence-corrected chi connectivity index (χ0v) is 11.8. The zero-order valence-electron chi connectivity index (χ0n) is 10.1. The molecule has 1 atom stereocenters. The molecule has 0 aromatic carbocycles. The van der Waals surface area contributed by atoms with Gasteiger partial charge in [-0.05, 0) is 13.8 Å². The monoisotopic (exact) mass is 321 g/mol. The van der Waals surface area contributed by atoms with E-state index in [1.54, 1.807) is 0 Å². The summed E-state index contributed by atoms with van der Waals surface area (Å²) in [5.74, 6) is -2.33. The fourth-order valence-electron chi connectivity index (χ4n) is 1.22. The third kappa shape index (κ3) is 3.98. The van der Waals surface area contributed by atoms with Gasteiger partial charge >= 0.3 is 13.8 Å². The van der Waals surface area contributed by atoms with Crippen LogP contribution in [0.2, 0.25) is 0 Å². The first-order valence-corrected chi connectivity index (χ1v) is 7.79. The molecule has 1 unspecified atom stereocenters. The van der Waals surface area contributed by atoms with Crippen LogP contribution >= 0.6 is 18.9 Å². The van der Waals surface area contributed by atoms with Crippen molar-refractivity contribution in [2.24, 2.45) is 0 Å². The van der Waals surface area contributed by atoms with E-state index < -0.39 is 30.4 Å². The van der Waals surface area contributed by atoms with Gasteiger partial charge < -0.3 is 9.05 Å². The molecule has 0 bridgehead atoms. The molecule has 10 heteroatoms. The first-order valence-electron chi connectivity index (χ1n) is 5.30. The molecule has 1 rings (SSSR count). The molecular formula is C9H12F4NO3PS. The molecule has 0 saturated carbocycles. The maximum Gasteiger partial charge on any atom is 0.443 e. The molecule has 0 aliphatic carbocycles. The number of halogens is 4. The number of thiazole rings is 1. The Balaban J connectivity index is 3.00. The van der Waals surface area contributed by atoms with Crippen molar-refractivity contribution in [3.05, 3.63) is 16.1 Å². The van der Waals surface area contributed by atoms with E-state index in [-0.39, 0.29) is 24.6 Å². The van der Waals surface area contributed by atoms with Gasteiger partial charge in [-0.1, -0.05) is 0 Å². The normalized spacial score (nSPS) is 14.6. The van der Waals surface area contributed by atoms with E-state index in [1.807, 2.05) is 0 Å². The molecule has 0 fully saturated rings. The van der Waals surface area contributed by atoms with E-state index in [1.165, 1.54) is 13.8 Å². The van der Waals surface area contributed by atoms with E-state index in [9.17, 15) is 22.1 Å². The first kappa shape index (κ1) is 16.6. The van der Waals surface area contributed by atoms with Gasteiger partial charge in [-0.2, -0.15) is 13.2 Å². The second kappa shape index (κ2) is 6.30. The van der Waals surface area contributed by atoms with Gasteiger partial charge in [0.15, 0.2) is 5.01 Å². The van der Waals surface area contributed by atoms with Crippen LogP contribution in [0.3, 0.4) is 0 Å². The van der Waals surface area contributed by atoms with E-state index in [4.69, 9.17) is 9.05 Å². The molecule has 0 aliphatic rings. The van der Waals surface area contributed by atoms with Crippen molar-refractivity contribution in [3.63, 3.8) is 0 Å². The van der Waals surface area contributed by atoms with Crippen molar-refractivity contribution < 1.29 is 31.2 Å². The second-order valence-corrected chi connectivity index (χ2v) is 6.19. The van der Waals surface area contributed by atoms with Crippen LogP contribution in [0, 0.1) is 0 Å². The van der Waals surface area contributed by atoms with Crippen LogP contribution in [-0.4, -0.2) is 18.2 Å². The van der Waals surface area contributed by atoms with Crippen LogP contribution in [0.5, 0.6) is 0 Å². The molecule has 0 amide bonds. The van der Waals surface area contributed by atoms with Crippen molar-refractivity contribution in [1.29, 1.82) is 0 Å². The third-order valence-corrected chi connectivity index (χ3v) is 4.87. The topological polar surface area (TPSA) is 48.4 Å². The average molecular weight is 321 g/mol. The molecule has 1 heterocycles. The SMILES string of the molecule is CCOP(=O)(OCC)C(F)c1csc(C(F)(F)F)n1. The molecule has 0 N–H and O–H groups in total. The van der Waals surface area contributed by atoms with Crippen LogP contribution in [0.4, 0.5) is 17.6 Å². The lowest BCUT2D eigenvalue weighted by Gasteiger charge is -2.19. The Morgan fingerprint density at radius 1 is 1.37 bits per heavy atom. The summed E-state index contributed by atoms with van der Waals surface area (Å²) in [6, 6.07) is 0. The molecule has 1 aromatic rings. The predicted molar refractivity (Wildman–Crippen MR) is 61.8 cm³/mol. The van der Waals surface area contributed by atoms with Gasteiger partial charge in [0.2, 0.25) is 5.91 Å². The predicted octanol–water partition coefficient (Wildman–Crippen LogP) is 4.40. The number of hydrogen-bond acceptors (Lipinski definition) is 5. The molecule has 0 spiro atoms. The standard InChI is InChI=1S/C9H12F4NO3PS/c1-3-16-18(15,17-4-2)7(10)6-5-19-8(14-6)9(11,12)13/h5,7H,3-4H2,1-2H3. The first-order chi connectivity index (χ1) is 8.74. The van der Waals surface area contributed by atoms with E-state index in [0.29, 0.717) is 0 Å². The van der Waals surface area contributed by atoms with Crippen LogP contribution < -0.4 is 0 Å². The van der Waals surface area contributed by atoms with Crippen molar-refractivity contribution in [3.8, 4) is 0 Å². The van der Waals surface area contributed by atoms with Crippen molar-refractivity contribution >= 4 is 18.9 Å². The van der Waals surface area contributed by atoms with E-state index in [0.717, 1.165) is 5.38 Å². The van der Waals surface area contributed by atoms with Gasteiger partial charge in [-0.15, -0.1) is 11.3 Å². The number of nitrogens with zero attached hydrogens (tertiary/aromatic N) is 1. The highest BCUT2D eigenvalue weighted by Gasteiger charge is 2.41. The molecule has 110 valence electrons. The Bertz CT molecular complexity index is 455. The number of aromatic nitrogens is 1. The summed E-state index contributed by atoms with van der Waals surface area (Å²) < 4.78 is 72.6. The Labute approximate surface area is 111 Å². The van der Waals surface area contributed by atoms with E-state index in [2.05, 4.69) is 4.98 Å². The molecule has 19 heavy (non-hydrogen) atoms. The minimum Gasteiger partial charge on any atom is -0.307 e. The van der Waals surface area contributed by atoms with Gasteiger partial charge in [0, 0.05) is 5.38 Å². The molecule has 0 saturated heterocycles. The lowest BCUT2D eigenvalue weighted by molar-refractivity contribution is -0.137. The summed E-state index contributed by atoms with van der Waals surface area (Å²) in [7, 11) is -4.16. The fourth-order valence-corrected chi connectivity index (χ4v) is 3.53. The lowest BCUT2D eigenvalue weighted by atomic mass is 10.5. The largest absolute Gasteiger partial charge is 0.443 e. The quantitative estimate of drug-likeness (QED) is 0.576. The zero-order chi connectivity index (χ0) is 14.7. The number of alkyl halides is 4. The Morgan fingerprint density at radius 3 is 2.26 bits per heavy atom. The summed E-state index contributed by atoms with van der Waals surface area (Å²) >= 11 is 0.229. The smallest absolute Gasteiger partial charge is 0.307 e. The van der Waals surface area contributed by atoms with Crippen molar-refractivity contribution in [2.45, 2.75) is 25.9 Å². The molecule has 4 nitrogen and oxygen atoms in total. The minimum atomic E-state index is -4.66. The second-order valence-electron chi connectivity index (χ2n) is 3.29. The average Bonchev–Trinajstić information content (AvgIpc) is 2.77. The summed E-state index contributed by atoms with van der Waals surface area (Å²) in [5, 5.41) is -0.345. The Hall–Kier alpha value is -0.500. The molecule has 0 aliphatic heterocycles. The van der Waals surface area contributed by atoms with Gasteiger partial charge in [-0.3, -0.25) is 4.57 Å². The van der Waals surface area contributed by atoms with Crippen LogP contribution in [-0.2, 0) is 19.8 Å². The van der Waals surface area contributed by atoms with Crippen molar-refractivity contribution in [2.75, 3.05) is 13.2 Å². The van der Waals surface area contributed by atoms with Gasteiger partial charge in [0.1, 0.15) is 0 Å². The lowest BCUT2D eigenvalue weighted by Crippen LogP contribution is -2.06. The minimum absolute atomic E-state index is 0.0893. The summed E-state index contributed by atoms with van der Waals surface area (Å²) in [6.07, 6.45) is -4.66. The maximum atomic E-state index is 14.0. The van der Waals surface area contributed by atoms with Gasteiger partial charge in [0.05, 0.1) is 18.9 Å². The third-order valence-electron chi connectivity index (χ3n) is 1.90. The Morgan fingerprint density at radius 2 is 1.89 bits per heavy atom. The van der Waals surface area contributed by atoms with E-state index >= 15 is 0 Å². The van der Waals surface area contributed by atoms with Gasteiger partial charge in [-0.25, -0.2) is 9.37 Å². The van der Waals surface area contributed by atoms with Crippen LogP contribution in [0.1, 0.15) is 30.5 Å². The molecule has 1 aromatic heterocycles. The van der Waals surface area contributed by atoms with Gasteiger partial charge in [0.25, 0.3) is 0 Å². The highest BCUT2D eigenvalue weighted by atomic mass is 32.1. The molecule has 0 radical (unpaired) electrons. The summed E-state index contributed by atoms with van der Waals surface area (Å²) in [5.41, 5.74) is -0.595. The summed E-state index contributed by atoms with van der Waals surface area (Å²) in [6.45, 7) is 2.77. The van der Waals surface area contributed by atoms with Crippen LogP contribution in [0.15, 0.2) is 5.38 Å². The number of rotatable bonds is 6. The van der Waals surface area contributed by atoms with Crippen molar-refractivity contribution in [1.82, 2.24) is 4.98 Å². The maximum absolute atomic E-state index is 14.0. The molecular weight excluding hydrogens is 309 g/mol. The fraction of sp³-hybridized carbons (Fsp3) is 0.667. The summed E-state index contributed by atoms with van der Waals surface area (Å²) in [4.78, 5) is 3.10. The highest BCUT2D eigenvalue weighted by molar-refractivity contribution is 7.54. The Kier molecular flexibility index (Phi) is 5.49.